The highest BCUT2D eigenvalue weighted by Gasteiger charge is 2.29. The van der Waals surface area contributed by atoms with Gasteiger partial charge in [0.15, 0.2) is 0 Å². The Morgan fingerprint density at radius 3 is 2.85 bits per heavy atom. The van der Waals surface area contributed by atoms with Crippen LogP contribution in [0.1, 0.15) is 37.4 Å². The molecule has 2 aromatic rings. The van der Waals surface area contributed by atoms with Gasteiger partial charge in [-0.05, 0) is 31.4 Å². The van der Waals surface area contributed by atoms with Crippen molar-refractivity contribution in [2.24, 2.45) is 0 Å². The SMILES string of the molecule is O=C1CCCN1CC(=O)N1CCCC(c2nc3ccccc3c(=O)[nH]2)C1. The van der Waals surface area contributed by atoms with E-state index in [1.54, 1.807) is 15.9 Å². The minimum atomic E-state index is -0.142. The van der Waals surface area contributed by atoms with Crippen LogP contribution >= 0.6 is 0 Å². The summed E-state index contributed by atoms with van der Waals surface area (Å²) in [7, 11) is 0. The number of hydrogen-bond donors (Lipinski definition) is 1. The lowest BCUT2D eigenvalue weighted by Crippen LogP contribution is -2.45. The van der Waals surface area contributed by atoms with Crippen LogP contribution in [0.5, 0.6) is 0 Å². The van der Waals surface area contributed by atoms with Crippen LogP contribution < -0.4 is 5.56 Å². The van der Waals surface area contributed by atoms with Crippen LogP contribution in [0.25, 0.3) is 10.9 Å². The number of likely N-dealkylation sites (tertiary alicyclic amines) is 2. The van der Waals surface area contributed by atoms with Crippen molar-refractivity contribution in [1.29, 1.82) is 0 Å². The lowest BCUT2D eigenvalue weighted by Gasteiger charge is -2.33. The second kappa shape index (κ2) is 6.90. The summed E-state index contributed by atoms with van der Waals surface area (Å²) in [6, 6.07) is 7.27. The van der Waals surface area contributed by atoms with Gasteiger partial charge in [0, 0.05) is 32.0 Å². The molecular formula is C19H22N4O3. The lowest BCUT2D eigenvalue weighted by molar-refractivity contribution is -0.139. The molecule has 0 bridgehead atoms. The average molecular weight is 354 g/mol. The summed E-state index contributed by atoms with van der Waals surface area (Å²) in [6.45, 7) is 2.05. The summed E-state index contributed by atoms with van der Waals surface area (Å²) in [6.07, 6.45) is 3.11. The van der Waals surface area contributed by atoms with Crippen LogP contribution in [-0.2, 0) is 9.59 Å². The number of nitrogens with zero attached hydrogens (tertiary/aromatic N) is 3. The highest BCUT2D eigenvalue weighted by atomic mass is 16.2. The quantitative estimate of drug-likeness (QED) is 0.899. The molecule has 2 saturated heterocycles. The van der Waals surface area contributed by atoms with Crippen molar-refractivity contribution in [1.82, 2.24) is 19.8 Å². The Morgan fingerprint density at radius 2 is 2.04 bits per heavy atom. The standard InChI is InChI=1S/C19H22N4O3/c24-16-8-4-10-23(16)12-17(25)22-9-3-5-13(11-22)18-20-15-7-2-1-6-14(15)19(26)21-18/h1-2,6-7,13H,3-5,8-12H2,(H,20,21,26). The molecule has 0 spiro atoms. The number of hydrogen-bond acceptors (Lipinski definition) is 4. The Balaban J connectivity index is 1.50. The average Bonchev–Trinajstić information content (AvgIpc) is 3.06. The molecule has 2 aliphatic heterocycles. The first-order valence-corrected chi connectivity index (χ1v) is 9.16. The third-order valence-corrected chi connectivity index (χ3v) is 5.29. The van der Waals surface area contributed by atoms with Gasteiger partial charge in [-0.1, -0.05) is 12.1 Å². The Morgan fingerprint density at radius 1 is 1.19 bits per heavy atom. The fourth-order valence-corrected chi connectivity index (χ4v) is 3.86. The molecule has 7 heteroatoms. The van der Waals surface area contributed by atoms with Crippen molar-refractivity contribution in [2.45, 2.75) is 31.6 Å². The highest BCUT2D eigenvalue weighted by molar-refractivity contribution is 5.86. The molecule has 7 nitrogen and oxygen atoms in total. The summed E-state index contributed by atoms with van der Waals surface area (Å²) in [4.78, 5) is 47.6. The van der Waals surface area contributed by atoms with Gasteiger partial charge in [0.25, 0.3) is 5.56 Å². The zero-order valence-electron chi connectivity index (χ0n) is 14.6. The van der Waals surface area contributed by atoms with Crippen molar-refractivity contribution in [3.05, 3.63) is 40.4 Å². The van der Waals surface area contributed by atoms with Gasteiger partial charge in [-0.15, -0.1) is 0 Å². The zero-order chi connectivity index (χ0) is 18.1. The molecule has 1 atom stereocenters. The topological polar surface area (TPSA) is 86.4 Å². The lowest BCUT2D eigenvalue weighted by atomic mass is 9.97. The van der Waals surface area contributed by atoms with Crippen LogP contribution in [0.3, 0.4) is 0 Å². The van der Waals surface area contributed by atoms with E-state index in [2.05, 4.69) is 9.97 Å². The van der Waals surface area contributed by atoms with Gasteiger partial charge in [-0.3, -0.25) is 14.4 Å². The minimum absolute atomic E-state index is 0.0132. The first kappa shape index (κ1) is 16.8. The molecule has 4 rings (SSSR count). The summed E-state index contributed by atoms with van der Waals surface area (Å²) < 4.78 is 0. The summed E-state index contributed by atoms with van der Waals surface area (Å²) in [5, 5.41) is 0.576. The molecule has 1 aromatic carbocycles. The Kier molecular flexibility index (Phi) is 4.44. The van der Waals surface area contributed by atoms with E-state index in [1.807, 2.05) is 18.2 Å². The predicted octanol–water partition coefficient (Wildman–Crippen LogP) is 1.25. The van der Waals surface area contributed by atoms with Crippen LogP contribution in [0.4, 0.5) is 0 Å². The van der Waals surface area contributed by atoms with Gasteiger partial charge >= 0.3 is 0 Å². The molecule has 1 unspecified atom stereocenters. The summed E-state index contributed by atoms with van der Waals surface area (Å²) in [5.74, 6) is 0.697. The number of piperidine rings is 1. The number of H-pyrrole nitrogens is 1. The van der Waals surface area contributed by atoms with Gasteiger partial charge in [-0.25, -0.2) is 4.98 Å². The molecule has 1 aromatic heterocycles. The molecule has 2 aliphatic rings. The van der Waals surface area contributed by atoms with E-state index in [9.17, 15) is 14.4 Å². The van der Waals surface area contributed by atoms with Crippen LogP contribution in [-0.4, -0.2) is 57.8 Å². The molecule has 0 saturated carbocycles. The number of carbonyl (C=O) groups excluding carboxylic acids is 2. The molecule has 0 radical (unpaired) electrons. The number of benzene rings is 1. The maximum Gasteiger partial charge on any atom is 0.258 e. The smallest absolute Gasteiger partial charge is 0.258 e. The molecule has 3 heterocycles. The van der Waals surface area contributed by atoms with Gasteiger partial charge in [0.2, 0.25) is 11.8 Å². The van der Waals surface area contributed by atoms with E-state index in [0.717, 1.165) is 19.3 Å². The van der Waals surface area contributed by atoms with Gasteiger partial charge in [0.05, 0.1) is 17.4 Å². The fraction of sp³-hybridized carbons (Fsp3) is 0.474. The number of rotatable bonds is 3. The van der Waals surface area contributed by atoms with E-state index in [-0.39, 0.29) is 29.8 Å². The Bertz CT molecular complexity index is 907. The molecule has 2 fully saturated rings. The fourth-order valence-electron chi connectivity index (χ4n) is 3.86. The number of carbonyl (C=O) groups is 2. The maximum atomic E-state index is 12.6. The largest absolute Gasteiger partial charge is 0.340 e. The Hall–Kier alpha value is -2.70. The van der Waals surface area contributed by atoms with Gasteiger partial charge in [0.1, 0.15) is 5.82 Å². The van der Waals surface area contributed by atoms with E-state index in [1.165, 1.54) is 0 Å². The first-order chi connectivity index (χ1) is 12.6. The summed E-state index contributed by atoms with van der Waals surface area (Å²) in [5.41, 5.74) is 0.536. The number of amides is 2. The minimum Gasteiger partial charge on any atom is -0.340 e. The van der Waals surface area contributed by atoms with Crippen LogP contribution in [0.2, 0.25) is 0 Å². The van der Waals surface area contributed by atoms with E-state index in [0.29, 0.717) is 42.8 Å². The number of aromatic amines is 1. The van der Waals surface area contributed by atoms with Crippen molar-refractivity contribution in [2.75, 3.05) is 26.2 Å². The number of nitrogens with one attached hydrogen (secondary N) is 1. The molecule has 136 valence electrons. The first-order valence-electron chi connectivity index (χ1n) is 9.16. The second-order valence-corrected chi connectivity index (χ2v) is 7.07. The maximum absolute atomic E-state index is 12.6. The normalized spacial score (nSPS) is 20.8. The molecular weight excluding hydrogens is 332 g/mol. The van der Waals surface area contributed by atoms with Gasteiger partial charge < -0.3 is 14.8 Å². The third-order valence-electron chi connectivity index (χ3n) is 5.29. The van der Waals surface area contributed by atoms with E-state index >= 15 is 0 Å². The number of para-hydroxylation sites is 1. The van der Waals surface area contributed by atoms with Crippen LogP contribution in [0.15, 0.2) is 29.1 Å². The molecule has 1 N–H and O–H groups in total. The van der Waals surface area contributed by atoms with Crippen molar-refractivity contribution in [3.8, 4) is 0 Å². The molecule has 2 amide bonds. The molecule has 26 heavy (non-hydrogen) atoms. The Labute approximate surface area is 151 Å². The number of aromatic nitrogens is 2. The zero-order valence-corrected chi connectivity index (χ0v) is 14.6. The molecule has 0 aliphatic carbocycles. The monoisotopic (exact) mass is 354 g/mol. The third kappa shape index (κ3) is 3.21. The summed E-state index contributed by atoms with van der Waals surface area (Å²) >= 11 is 0. The van der Waals surface area contributed by atoms with Crippen molar-refractivity contribution in [3.63, 3.8) is 0 Å². The number of fused-ring (bicyclic) bond motifs is 1. The van der Waals surface area contributed by atoms with Crippen molar-refractivity contribution >= 4 is 22.7 Å². The van der Waals surface area contributed by atoms with E-state index < -0.39 is 0 Å². The second-order valence-electron chi connectivity index (χ2n) is 7.07. The van der Waals surface area contributed by atoms with Crippen LogP contribution in [0, 0.1) is 0 Å². The van der Waals surface area contributed by atoms with E-state index in [4.69, 9.17) is 0 Å². The highest BCUT2D eigenvalue weighted by Crippen LogP contribution is 2.25. The van der Waals surface area contributed by atoms with Gasteiger partial charge in [-0.2, -0.15) is 0 Å². The van der Waals surface area contributed by atoms with Crippen molar-refractivity contribution < 1.29 is 9.59 Å². The predicted molar refractivity (Wildman–Crippen MR) is 96.7 cm³/mol.